The van der Waals surface area contributed by atoms with E-state index in [9.17, 15) is 29.1 Å². The number of rotatable bonds is 22. The van der Waals surface area contributed by atoms with Gasteiger partial charge in [0.05, 0.1) is 11.0 Å². The van der Waals surface area contributed by atoms with Crippen LogP contribution in [0.25, 0.3) is 0 Å². The van der Waals surface area contributed by atoms with Crippen molar-refractivity contribution in [2.75, 3.05) is 20.3 Å². The third-order valence-corrected chi connectivity index (χ3v) is 12.3. The summed E-state index contributed by atoms with van der Waals surface area (Å²) in [5.74, 6) is 3.01. The van der Waals surface area contributed by atoms with Crippen LogP contribution in [0.3, 0.4) is 0 Å². The molecule has 1 aromatic carbocycles. The smallest absolute Gasteiger partial charge is 0.307 e. The molecule has 1 aromatic heterocycles. The van der Waals surface area contributed by atoms with Crippen molar-refractivity contribution in [3.8, 4) is 5.75 Å². The highest BCUT2D eigenvalue weighted by Gasteiger charge is 2.38. The maximum absolute atomic E-state index is 14.7. The zero-order valence-corrected chi connectivity index (χ0v) is 35.5. The summed E-state index contributed by atoms with van der Waals surface area (Å²) < 4.78 is 5.72. The molecule has 7 atom stereocenters. The van der Waals surface area contributed by atoms with Crippen LogP contribution in [0.1, 0.15) is 133 Å². The molecule has 14 heteroatoms. The summed E-state index contributed by atoms with van der Waals surface area (Å²) >= 11 is 1.36. The van der Waals surface area contributed by atoms with Crippen LogP contribution in [-0.2, 0) is 30.3 Å². The molecule has 3 rings (SSSR count). The first-order valence-corrected chi connectivity index (χ1v) is 21.2. The first-order valence-electron chi connectivity index (χ1n) is 20.3. The van der Waals surface area contributed by atoms with Gasteiger partial charge in [-0.1, -0.05) is 73.4 Å². The summed E-state index contributed by atoms with van der Waals surface area (Å²) in [5, 5.41) is 15.2. The SMILES string of the molecule is CCCC(=O)OCN(C(=O)[C@@H](CC(=O)[C@H]1CCCCN1C)C(C)CC)[C@H](C[C@@H](C)c1nc(C(=O)N[C@@H](Cc2ccc(O)cc2)C[C@H](C)C(=O)NN)cs1)C(C)C. The molecule has 1 aliphatic heterocycles. The number of aromatic nitrogens is 1. The van der Waals surface area contributed by atoms with Crippen molar-refractivity contribution in [1.82, 2.24) is 25.5 Å². The average molecular weight is 799 g/mol. The number of amides is 3. The van der Waals surface area contributed by atoms with Crippen molar-refractivity contribution in [2.45, 2.75) is 137 Å². The fraction of sp³-hybridized carbons (Fsp3) is 0.667. The minimum atomic E-state index is -0.562. The molecule has 0 radical (unpaired) electrons. The molecule has 1 aliphatic rings. The number of carbonyl (C=O) groups excluding carboxylic acids is 5. The van der Waals surface area contributed by atoms with Gasteiger partial charge in [0.15, 0.2) is 12.5 Å². The molecule has 0 bridgehead atoms. The molecule has 1 saturated heterocycles. The highest BCUT2D eigenvalue weighted by Crippen LogP contribution is 2.32. The molecular weight excluding hydrogens is 733 g/mol. The van der Waals surface area contributed by atoms with E-state index in [1.165, 1.54) is 11.3 Å². The predicted octanol–water partition coefficient (Wildman–Crippen LogP) is 5.96. The molecule has 2 aromatic rings. The Balaban J connectivity index is 1.85. The van der Waals surface area contributed by atoms with Crippen LogP contribution in [0.5, 0.6) is 5.75 Å². The Hall–Kier alpha value is -3.88. The molecule has 0 spiro atoms. The van der Waals surface area contributed by atoms with Crippen molar-refractivity contribution >= 4 is 40.8 Å². The lowest BCUT2D eigenvalue weighted by atomic mass is 9.82. The summed E-state index contributed by atoms with van der Waals surface area (Å²) in [6.45, 7) is 14.4. The molecule has 1 fully saturated rings. The number of piperidine rings is 1. The number of ketones is 1. The molecule has 13 nitrogen and oxygen atoms in total. The molecule has 56 heavy (non-hydrogen) atoms. The van der Waals surface area contributed by atoms with Crippen LogP contribution >= 0.6 is 11.3 Å². The number of nitrogens with zero attached hydrogens (tertiary/aromatic N) is 3. The van der Waals surface area contributed by atoms with E-state index in [2.05, 4.69) is 15.6 Å². The van der Waals surface area contributed by atoms with Crippen LogP contribution < -0.4 is 16.6 Å². The van der Waals surface area contributed by atoms with Crippen molar-refractivity contribution < 1.29 is 33.8 Å². The molecule has 5 N–H and O–H groups in total. The molecule has 3 amide bonds. The summed E-state index contributed by atoms with van der Waals surface area (Å²) in [7, 11) is 1.98. The minimum Gasteiger partial charge on any atom is -0.508 e. The normalized spacial score (nSPS) is 17.9. The van der Waals surface area contributed by atoms with Crippen molar-refractivity contribution in [3.05, 3.63) is 45.9 Å². The number of hydrogen-bond donors (Lipinski definition) is 4. The number of benzene rings is 1. The summed E-state index contributed by atoms with van der Waals surface area (Å²) in [6.07, 6.45) is 5.79. The van der Waals surface area contributed by atoms with Crippen molar-refractivity contribution in [2.24, 2.45) is 29.5 Å². The Morgan fingerprint density at radius 2 is 1.75 bits per heavy atom. The van der Waals surface area contributed by atoms with E-state index >= 15 is 0 Å². The number of likely N-dealkylation sites (tertiary alicyclic amines) is 1. The van der Waals surface area contributed by atoms with Gasteiger partial charge in [-0.25, -0.2) is 10.8 Å². The first kappa shape index (κ1) is 46.5. The van der Waals surface area contributed by atoms with Gasteiger partial charge in [0.1, 0.15) is 11.4 Å². The monoisotopic (exact) mass is 798 g/mol. The van der Waals surface area contributed by atoms with Gasteiger partial charge >= 0.3 is 5.97 Å². The second kappa shape index (κ2) is 22.8. The van der Waals surface area contributed by atoms with Gasteiger partial charge in [-0.3, -0.25) is 34.3 Å². The van der Waals surface area contributed by atoms with Crippen molar-refractivity contribution in [3.63, 3.8) is 0 Å². The number of nitrogens with two attached hydrogens (primary N) is 1. The van der Waals surface area contributed by atoms with Gasteiger partial charge in [0, 0.05) is 48.1 Å². The van der Waals surface area contributed by atoms with Crippen LogP contribution in [0.15, 0.2) is 29.6 Å². The highest BCUT2D eigenvalue weighted by molar-refractivity contribution is 7.09. The number of hydrazine groups is 1. The first-order chi connectivity index (χ1) is 26.6. The number of ether oxygens (including phenoxy) is 1. The Bertz CT molecular complexity index is 1580. The second-order valence-electron chi connectivity index (χ2n) is 16.1. The second-order valence-corrected chi connectivity index (χ2v) is 17.0. The number of aromatic hydroxyl groups is 1. The van der Waals surface area contributed by atoms with E-state index in [0.717, 1.165) is 42.8 Å². The molecular formula is C42H66N6O7S. The van der Waals surface area contributed by atoms with Gasteiger partial charge in [-0.15, -0.1) is 11.3 Å². The van der Waals surface area contributed by atoms with E-state index in [-0.39, 0.29) is 90.3 Å². The number of phenols is 1. The van der Waals surface area contributed by atoms with Gasteiger partial charge in [-0.05, 0) is 81.6 Å². The third-order valence-electron chi connectivity index (χ3n) is 11.2. The number of nitrogens with one attached hydrogen (secondary N) is 2. The number of carbonyl (C=O) groups is 5. The van der Waals surface area contributed by atoms with Gasteiger partial charge in [-0.2, -0.15) is 0 Å². The van der Waals surface area contributed by atoms with Crippen molar-refractivity contribution in [1.29, 1.82) is 0 Å². The average Bonchev–Trinajstić information content (AvgIpc) is 3.68. The topological polar surface area (TPSA) is 184 Å². The summed E-state index contributed by atoms with van der Waals surface area (Å²) in [4.78, 5) is 75.5. The van der Waals surface area contributed by atoms with Crippen LogP contribution in [0.2, 0.25) is 0 Å². The Kier molecular flexibility index (Phi) is 18.9. The molecule has 1 unspecified atom stereocenters. The number of phenolic OH excluding ortho intramolecular Hbond substituents is 1. The largest absolute Gasteiger partial charge is 0.508 e. The van der Waals surface area contributed by atoms with E-state index in [1.54, 1.807) is 41.5 Å². The summed E-state index contributed by atoms with van der Waals surface area (Å²) in [5.41, 5.74) is 3.30. The Morgan fingerprint density at radius 1 is 1.05 bits per heavy atom. The Morgan fingerprint density at radius 3 is 2.36 bits per heavy atom. The van der Waals surface area contributed by atoms with Crippen LogP contribution in [-0.4, -0.2) is 87.8 Å². The standard InChI is InChI=1S/C42H66N6O7S/c1-9-13-38(51)55-25-48(42(54)33(27(5)10-2)23-37(50)35-14-11-12-19-47(35)8)36(26(3)4)21-29(7)41-45-34(24-56-41)40(53)44-31(20-28(6)39(52)46-43)22-30-15-17-32(49)18-16-30/h15-18,24,26-29,31,33,35-36,49H,9-14,19-23,25,43H2,1-8H3,(H,44,53)(H,46,52)/t27?,28-,29+,31+,33-,35+,36+/m0/s1. The number of hydrogen-bond acceptors (Lipinski definition) is 11. The molecule has 0 aliphatic carbocycles. The molecule has 312 valence electrons. The lowest BCUT2D eigenvalue weighted by Crippen LogP contribution is -2.50. The zero-order valence-electron chi connectivity index (χ0n) is 34.7. The highest BCUT2D eigenvalue weighted by atomic mass is 32.1. The number of esters is 1. The molecule has 2 heterocycles. The maximum atomic E-state index is 14.7. The predicted molar refractivity (Wildman–Crippen MR) is 218 cm³/mol. The van der Waals surface area contributed by atoms with Crippen LogP contribution in [0.4, 0.5) is 0 Å². The third kappa shape index (κ3) is 13.7. The fourth-order valence-electron chi connectivity index (χ4n) is 7.49. The van der Waals surface area contributed by atoms with Gasteiger partial charge in [0.2, 0.25) is 11.8 Å². The maximum Gasteiger partial charge on any atom is 0.307 e. The summed E-state index contributed by atoms with van der Waals surface area (Å²) in [6, 6.07) is 5.72. The zero-order chi connectivity index (χ0) is 41.5. The molecule has 0 saturated carbocycles. The lowest BCUT2D eigenvalue weighted by molar-refractivity contribution is -0.160. The van der Waals surface area contributed by atoms with Gasteiger partial charge < -0.3 is 20.1 Å². The Labute approximate surface area is 337 Å². The van der Waals surface area contributed by atoms with Crippen LogP contribution in [0, 0.1) is 23.7 Å². The fourth-order valence-corrected chi connectivity index (χ4v) is 8.36. The van der Waals surface area contributed by atoms with E-state index in [1.807, 2.05) is 48.6 Å². The van der Waals surface area contributed by atoms with Gasteiger partial charge in [0.25, 0.3) is 5.91 Å². The number of thiazole rings is 1. The number of Topliss-reactive ketones (excluding diaryl/α,β-unsaturated/α-hetero) is 1. The van der Waals surface area contributed by atoms with E-state index < -0.39 is 17.9 Å². The quantitative estimate of drug-likeness (QED) is 0.0365. The minimum absolute atomic E-state index is 0.0276. The van der Waals surface area contributed by atoms with E-state index in [0.29, 0.717) is 25.7 Å². The number of likely N-dealkylation sites (N-methyl/N-ethyl adjacent to an activating group) is 1. The lowest BCUT2D eigenvalue weighted by Gasteiger charge is -2.39. The van der Waals surface area contributed by atoms with E-state index in [4.69, 9.17) is 15.6 Å².